The molecule has 2 N–H and O–H groups in total. The average Bonchev–Trinajstić information content (AvgIpc) is 3.23. The number of rotatable bonds is 4. The minimum atomic E-state index is -1.13. The minimum Gasteiger partial charge on any atom is -0.465 e. The number of fused-ring (bicyclic) bond motifs is 1. The molecule has 0 radical (unpaired) electrons. The number of amides is 2. The summed E-state index contributed by atoms with van der Waals surface area (Å²) >= 11 is 1.35. The number of nitrogens with zero attached hydrogens (tertiary/aromatic N) is 4. The molecule has 9 nitrogen and oxygen atoms in total. The maximum absolute atomic E-state index is 15.5. The molecule has 0 spiro atoms. The van der Waals surface area contributed by atoms with Crippen molar-refractivity contribution in [2.75, 3.05) is 18.2 Å². The summed E-state index contributed by atoms with van der Waals surface area (Å²) in [6, 6.07) is 9.17. The number of carbonyl (C=O) groups is 2. The summed E-state index contributed by atoms with van der Waals surface area (Å²) in [6.45, 7) is 5.34. The highest BCUT2D eigenvalue weighted by Crippen LogP contribution is 2.53. The lowest BCUT2D eigenvalue weighted by atomic mass is 9.81. The lowest BCUT2D eigenvalue weighted by molar-refractivity contribution is 0.101. The number of hydrogen-bond acceptors (Lipinski definition) is 7. The van der Waals surface area contributed by atoms with E-state index in [2.05, 4.69) is 10.3 Å². The molecule has 2 amide bonds. The first-order valence-electron chi connectivity index (χ1n) is 11.7. The highest BCUT2D eigenvalue weighted by Gasteiger charge is 2.53. The van der Waals surface area contributed by atoms with Crippen LogP contribution in [0.25, 0.3) is 0 Å². The number of anilines is 1. The number of nitrogens with one attached hydrogen (secondary N) is 1. The fourth-order valence-electron chi connectivity index (χ4n) is 4.89. The number of halogens is 1. The number of thioether (sulfide) groups is 1. The van der Waals surface area contributed by atoms with Gasteiger partial charge < -0.3 is 15.2 Å². The van der Waals surface area contributed by atoms with Gasteiger partial charge in [0, 0.05) is 48.2 Å². The van der Waals surface area contributed by atoms with E-state index in [1.807, 2.05) is 6.07 Å². The molecule has 1 aromatic carbocycles. The monoisotopic (exact) mass is 525 g/mol. The Morgan fingerprint density at radius 3 is 2.68 bits per heavy atom. The fourth-order valence-corrected chi connectivity index (χ4v) is 6.36. The Bertz CT molecular complexity index is 1290. The van der Waals surface area contributed by atoms with E-state index in [0.29, 0.717) is 35.0 Å². The van der Waals surface area contributed by atoms with Crippen LogP contribution in [0.5, 0.6) is 0 Å². The van der Waals surface area contributed by atoms with Gasteiger partial charge in [-0.25, -0.2) is 19.2 Å². The summed E-state index contributed by atoms with van der Waals surface area (Å²) in [5.74, 6) is -0.555. The molecule has 1 fully saturated rings. The van der Waals surface area contributed by atoms with E-state index in [0.717, 1.165) is 0 Å². The predicted molar refractivity (Wildman–Crippen MR) is 138 cm³/mol. The number of aromatic nitrogens is 1. The first-order chi connectivity index (χ1) is 17.5. The van der Waals surface area contributed by atoms with E-state index in [-0.39, 0.29) is 23.3 Å². The quantitative estimate of drug-likeness (QED) is 0.584. The van der Waals surface area contributed by atoms with Crippen LogP contribution in [0.1, 0.15) is 55.2 Å². The summed E-state index contributed by atoms with van der Waals surface area (Å²) in [7, 11) is 1.60. The molecule has 4 rings (SSSR count). The number of carboxylic acid groups (broad SMARTS) is 1. The van der Waals surface area contributed by atoms with Crippen LogP contribution < -0.4 is 5.32 Å². The molecular weight excluding hydrogens is 497 g/mol. The second kappa shape index (κ2) is 10.1. The molecule has 1 saturated carbocycles. The maximum atomic E-state index is 15.5. The number of benzene rings is 1. The van der Waals surface area contributed by atoms with Gasteiger partial charge in [0.1, 0.15) is 17.6 Å². The molecule has 3 atom stereocenters. The van der Waals surface area contributed by atoms with Crippen LogP contribution in [0.15, 0.2) is 41.5 Å². The molecule has 2 aromatic rings. The minimum absolute atomic E-state index is 0.0949. The number of nitriles is 1. The summed E-state index contributed by atoms with van der Waals surface area (Å²) in [6.07, 6.45) is 1.01. The van der Waals surface area contributed by atoms with E-state index in [1.165, 1.54) is 47.1 Å². The second-order valence-corrected chi connectivity index (χ2v) is 11.1. The van der Waals surface area contributed by atoms with Gasteiger partial charge in [-0.1, -0.05) is 11.8 Å². The lowest BCUT2D eigenvalue weighted by Gasteiger charge is -2.41. The standard InChI is InChI=1S/C26H28FN5O4S/c1-25(2,3)32(24(34)35)23-31-26(11-18(36-4)9-16(26)14-37-23)19-10-17(6-7-20(19)27)30-22(33)21-8-5-15(12-28)13-29-21/h5-8,10,13,16,18H,9,11,14H2,1-4H3,(H,30,33)(H,34,35)/t16-,18-,26-/m0/s1. The normalized spacial score (nSPS) is 23.0. The van der Waals surface area contributed by atoms with E-state index < -0.39 is 28.9 Å². The Morgan fingerprint density at radius 2 is 2.08 bits per heavy atom. The van der Waals surface area contributed by atoms with Gasteiger partial charge in [0.15, 0.2) is 5.17 Å². The zero-order valence-electron chi connectivity index (χ0n) is 21.0. The van der Waals surface area contributed by atoms with Crippen LogP contribution in [0, 0.1) is 23.1 Å². The first kappa shape index (κ1) is 26.6. The molecule has 0 unspecified atom stereocenters. The third-order valence-corrected chi connectivity index (χ3v) is 7.77. The highest BCUT2D eigenvalue weighted by molar-refractivity contribution is 8.13. The van der Waals surface area contributed by atoms with Gasteiger partial charge in [0.25, 0.3) is 5.91 Å². The summed E-state index contributed by atoms with van der Waals surface area (Å²) < 4.78 is 21.1. The molecule has 1 aliphatic heterocycles. The number of aliphatic imine (C=N–C) groups is 1. The highest BCUT2D eigenvalue weighted by atomic mass is 32.2. The van der Waals surface area contributed by atoms with Gasteiger partial charge in [-0.15, -0.1) is 0 Å². The van der Waals surface area contributed by atoms with Crippen molar-refractivity contribution in [2.24, 2.45) is 10.9 Å². The number of amidine groups is 1. The maximum Gasteiger partial charge on any atom is 0.413 e. The van der Waals surface area contributed by atoms with E-state index in [4.69, 9.17) is 15.0 Å². The average molecular weight is 526 g/mol. The molecule has 0 saturated heterocycles. The van der Waals surface area contributed by atoms with Crippen molar-refractivity contribution in [3.63, 3.8) is 0 Å². The smallest absolute Gasteiger partial charge is 0.413 e. The van der Waals surface area contributed by atoms with Crippen molar-refractivity contribution < 1.29 is 23.8 Å². The van der Waals surface area contributed by atoms with Crippen LogP contribution in [0.2, 0.25) is 0 Å². The number of pyridine rings is 1. The molecule has 2 heterocycles. The number of methoxy groups -OCH3 is 1. The number of carbonyl (C=O) groups excluding carboxylic acids is 1. The molecule has 1 aromatic heterocycles. The lowest BCUT2D eigenvalue weighted by Crippen LogP contribution is -2.50. The van der Waals surface area contributed by atoms with Crippen LogP contribution in [-0.2, 0) is 10.3 Å². The molecule has 1 aliphatic carbocycles. The Balaban J connectivity index is 1.76. The van der Waals surface area contributed by atoms with E-state index in [9.17, 15) is 14.7 Å². The first-order valence-corrected chi connectivity index (χ1v) is 12.7. The SMILES string of the molecule is CO[C@H]1C[C@H]2CSC(N(C(=O)O)C(C)(C)C)=N[C@@]2(c2cc(NC(=O)c3ccc(C#N)cn3)ccc2F)C1. The number of ether oxygens (including phenoxy) is 1. The van der Waals surface area contributed by atoms with E-state index >= 15 is 4.39 Å². The van der Waals surface area contributed by atoms with Crippen LogP contribution in [0.4, 0.5) is 14.9 Å². The third kappa shape index (κ3) is 5.17. The van der Waals surface area contributed by atoms with Gasteiger partial charge >= 0.3 is 6.09 Å². The van der Waals surface area contributed by atoms with Crippen molar-refractivity contribution in [3.8, 4) is 6.07 Å². The fraction of sp³-hybridized carbons (Fsp3) is 0.423. The van der Waals surface area contributed by atoms with Gasteiger partial charge in [-0.2, -0.15) is 5.26 Å². The van der Waals surface area contributed by atoms with Crippen molar-refractivity contribution in [3.05, 3.63) is 59.2 Å². The molecule has 11 heteroatoms. The summed E-state index contributed by atoms with van der Waals surface area (Å²) in [5, 5.41) is 21.9. The van der Waals surface area contributed by atoms with Crippen LogP contribution in [-0.4, -0.2) is 56.7 Å². The van der Waals surface area contributed by atoms with Crippen molar-refractivity contribution in [2.45, 2.75) is 50.8 Å². The molecule has 0 bridgehead atoms. The number of hydrogen-bond donors (Lipinski definition) is 2. The van der Waals surface area contributed by atoms with Gasteiger partial charge in [-0.05, 0) is 57.5 Å². The van der Waals surface area contributed by atoms with Gasteiger partial charge in [-0.3, -0.25) is 9.69 Å². The van der Waals surface area contributed by atoms with Crippen molar-refractivity contribution in [1.29, 1.82) is 5.26 Å². The largest absolute Gasteiger partial charge is 0.465 e. The van der Waals surface area contributed by atoms with E-state index in [1.54, 1.807) is 33.9 Å². The predicted octanol–water partition coefficient (Wildman–Crippen LogP) is 4.85. The Morgan fingerprint density at radius 1 is 1.32 bits per heavy atom. The Labute approximate surface area is 218 Å². The zero-order valence-corrected chi connectivity index (χ0v) is 21.8. The van der Waals surface area contributed by atoms with Crippen molar-refractivity contribution >= 4 is 34.6 Å². The topological polar surface area (TPSA) is 128 Å². The molecule has 194 valence electrons. The molecular formula is C26H28FN5O4S. The summed E-state index contributed by atoms with van der Waals surface area (Å²) in [4.78, 5) is 35.1. The Hall–Kier alpha value is -3.49. The molecule has 2 aliphatic rings. The zero-order chi connectivity index (χ0) is 27.0. The van der Waals surface area contributed by atoms with Crippen molar-refractivity contribution in [1.82, 2.24) is 9.88 Å². The van der Waals surface area contributed by atoms with Crippen LogP contribution >= 0.6 is 11.8 Å². The second-order valence-electron chi connectivity index (χ2n) is 10.1. The van der Waals surface area contributed by atoms with Gasteiger partial charge in [0.2, 0.25) is 0 Å². The van der Waals surface area contributed by atoms with Crippen LogP contribution in [0.3, 0.4) is 0 Å². The van der Waals surface area contributed by atoms with Gasteiger partial charge in [0.05, 0.1) is 17.2 Å². The summed E-state index contributed by atoms with van der Waals surface area (Å²) in [5.41, 5.74) is -0.750. The third-order valence-electron chi connectivity index (χ3n) is 6.67. The molecule has 37 heavy (non-hydrogen) atoms. The Kier molecular flexibility index (Phi) is 7.26.